The number of fused-ring (bicyclic) bond motifs is 3. The molecule has 4 N–H and O–H groups in total. The number of benzene rings is 1. The van der Waals surface area contributed by atoms with Crippen LogP contribution < -0.4 is 20.7 Å². The molecule has 9 heteroatoms. The zero-order valence-electron chi connectivity index (χ0n) is 20.3. The van der Waals surface area contributed by atoms with Crippen molar-refractivity contribution in [3.8, 4) is 11.8 Å². The molecule has 0 spiro atoms. The standard InChI is InChI=1S/C27H31N5O4/c1-36-22-4-2-3-19-16(22)10-21(30-19)24(33)31-20(9-14-5-6-14)25(34)32-27(13-28)11-15-7-8-18(27)23-17(15)12-29-26(23)35/h2-4,10,14-15,17-18,20,23,30H,5-9,11-12H2,1H3,(H,29,35)(H,31,33)(H,32,34)/t15-,17-,18?,20-,23-,27+/m0/s1. The van der Waals surface area contributed by atoms with Crippen molar-refractivity contribution in [2.45, 2.75) is 50.1 Å². The van der Waals surface area contributed by atoms with Gasteiger partial charge in [-0.25, -0.2) is 0 Å². The fourth-order valence-corrected chi connectivity index (χ4v) is 6.95. The number of hydrogen-bond donors (Lipinski definition) is 4. The van der Waals surface area contributed by atoms with Gasteiger partial charge in [0.1, 0.15) is 23.0 Å². The average Bonchev–Trinajstić information content (AvgIpc) is 3.44. The van der Waals surface area contributed by atoms with Crippen molar-refractivity contribution in [1.82, 2.24) is 20.9 Å². The van der Waals surface area contributed by atoms with Crippen LogP contribution in [0.15, 0.2) is 24.3 Å². The number of H-pyrrole nitrogens is 1. The van der Waals surface area contributed by atoms with Crippen LogP contribution in [-0.2, 0) is 9.59 Å². The molecule has 1 unspecified atom stereocenters. The van der Waals surface area contributed by atoms with Crippen LogP contribution in [0.5, 0.6) is 5.75 Å². The van der Waals surface area contributed by atoms with Crippen molar-refractivity contribution in [1.29, 1.82) is 5.26 Å². The Morgan fingerprint density at radius 3 is 2.86 bits per heavy atom. The van der Waals surface area contributed by atoms with Crippen LogP contribution in [0, 0.1) is 40.9 Å². The minimum Gasteiger partial charge on any atom is -0.496 e. The van der Waals surface area contributed by atoms with Crippen LogP contribution in [0.1, 0.15) is 49.0 Å². The quantitative estimate of drug-likeness (QED) is 0.473. The van der Waals surface area contributed by atoms with E-state index in [9.17, 15) is 19.6 Å². The van der Waals surface area contributed by atoms with Gasteiger partial charge >= 0.3 is 0 Å². The lowest BCUT2D eigenvalue weighted by atomic mass is 9.52. The summed E-state index contributed by atoms with van der Waals surface area (Å²) in [6.07, 6.45) is 4.88. The van der Waals surface area contributed by atoms with E-state index in [4.69, 9.17) is 4.74 Å². The SMILES string of the molecule is COc1cccc2[nH]c(C(=O)N[C@@H](CC3CC3)C(=O)N[C@@]3(C#N)C[C@@H]4CCC3[C@H]3C(=O)NC[C@@H]43)cc12. The number of nitrogens with one attached hydrogen (secondary N) is 4. The lowest BCUT2D eigenvalue weighted by Gasteiger charge is -2.53. The normalized spacial score (nSPS) is 31.3. The van der Waals surface area contributed by atoms with Gasteiger partial charge in [0.25, 0.3) is 5.91 Å². The number of nitriles is 1. The molecule has 2 bridgehead atoms. The van der Waals surface area contributed by atoms with Crippen molar-refractivity contribution < 1.29 is 19.1 Å². The van der Waals surface area contributed by atoms with Gasteiger partial charge in [0.2, 0.25) is 11.8 Å². The Morgan fingerprint density at radius 1 is 1.28 bits per heavy atom. The van der Waals surface area contributed by atoms with Gasteiger partial charge in [0.05, 0.1) is 13.2 Å². The van der Waals surface area contributed by atoms with Gasteiger partial charge in [-0.3, -0.25) is 14.4 Å². The Hall–Kier alpha value is -3.54. The highest BCUT2D eigenvalue weighted by Gasteiger charge is 2.61. The van der Waals surface area contributed by atoms with E-state index in [0.717, 1.165) is 36.6 Å². The molecule has 2 heterocycles. The zero-order chi connectivity index (χ0) is 25.0. The van der Waals surface area contributed by atoms with E-state index < -0.39 is 11.6 Å². The fraction of sp³-hybridized carbons (Fsp3) is 0.556. The molecule has 6 atom stereocenters. The molecule has 3 amide bonds. The maximum atomic E-state index is 13.6. The minimum atomic E-state index is -1.08. The summed E-state index contributed by atoms with van der Waals surface area (Å²) in [7, 11) is 1.58. The van der Waals surface area contributed by atoms with E-state index in [2.05, 4.69) is 27.0 Å². The number of aromatic amines is 1. The topological polar surface area (TPSA) is 136 Å². The van der Waals surface area contributed by atoms with Crippen LogP contribution >= 0.6 is 0 Å². The molecule has 2 aromatic rings. The zero-order valence-corrected chi connectivity index (χ0v) is 20.3. The molecular formula is C27H31N5O4. The largest absolute Gasteiger partial charge is 0.496 e. The number of aromatic nitrogens is 1. The molecule has 4 saturated carbocycles. The molecule has 188 valence electrons. The first kappa shape index (κ1) is 22.9. The lowest BCUT2D eigenvalue weighted by Crippen LogP contribution is -2.65. The third-order valence-corrected chi connectivity index (χ3v) is 8.90. The number of nitrogens with zero attached hydrogens (tertiary/aromatic N) is 1. The number of rotatable bonds is 7. The molecule has 0 radical (unpaired) electrons. The van der Waals surface area contributed by atoms with E-state index in [1.807, 2.05) is 18.2 Å². The predicted octanol–water partition coefficient (Wildman–Crippen LogP) is 2.25. The van der Waals surface area contributed by atoms with Crippen molar-refractivity contribution in [3.05, 3.63) is 30.0 Å². The van der Waals surface area contributed by atoms with E-state index in [-0.39, 0.29) is 41.4 Å². The second kappa shape index (κ2) is 8.54. The Balaban J connectivity index is 1.23. The van der Waals surface area contributed by atoms with Gasteiger partial charge in [-0.1, -0.05) is 18.9 Å². The first-order valence-electron chi connectivity index (χ1n) is 12.9. The first-order valence-corrected chi connectivity index (χ1v) is 12.9. The van der Waals surface area contributed by atoms with Crippen molar-refractivity contribution in [2.75, 3.05) is 13.7 Å². The Morgan fingerprint density at radius 2 is 2.11 bits per heavy atom. The summed E-state index contributed by atoms with van der Waals surface area (Å²) in [6.45, 7) is 0.662. The Labute approximate surface area is 209 Å². The van der Waals surface area contributed by atoms with E-state index in [1.54, 1.807) is 13.2 Å². The third-order valence-electron chi connectivity index (χ3n) is 8.90. The first-order chi connectivity index (χ1) is 17.4. The van der Waals surface area contributed by atoms with E-state index >= 15 is 0 Å². The summed E-state index contributed by atoms with van der Waals surface area (Å²) in [5, 5.41) is 20.0. The molecular weight excluding hydrogens is 458 g/mol. The molecule has 7 rings (SSSR count). The molecule has 5 aliphatic rings. The highest BCUT2D eigenvalue weighted by Crippen LogP contribution is 2.55. The van der Waals surface area contributed by atoms with Crippen LogP contribution in [0.4, 0.5) is 0 Å². The summed E-state index contributed by atoms with van der Waals surface area (Å²) in [6, 6.07) is 8.92. The summed E-state index contributed by atoms with van der Waals surface area (Å²) < 4.78 is 5.40. The Bertz CT molecular complexity index is 1280. The van der Waals surface area contributed by atoms with E-state index in [0.29, 0.717) is 36.7 Å². The summed E-state index contributed by atoms with van der Waals surface area (Å²) >= 11 is 0. The minimum absolute atomic E-state index is 0.000321. The van der Waals surface area contributed by atoms with Crippen molar-refractivity contribution in [2.24, 2.45) is 29.6 Å². The molecule has 9 nitrogen and oxygen atoms in total. The van der Waals surface area contributed by atoms with Gasteiger partial charge in [0.15, 0.2) is 0 Å². The van der Waals surface area contributed by atoms with Crippen LogP contribution in [0.25, 0.3) is 10.9 Å². The molecule has 1 aromatic heterocycles. The fourth-order valence-electron chi connectivity index (χ4n) is 6.95. The van der Waals surface area contributed by atoms with E-state index in [1.165, 1.54) is 0 Å². The lowest BCUT2D eigenvalue weighted by molar-refractivity contribution is -0.135. The van der Waals surface area contributed by atoms with Crippen LogP contribution in [-0.4, -0.2) is 47.9 Å². The molecule has 1 aliphatic heterocycles. The summed E-state index contributed by atoms with van der Waals surface area (Å²) in [5.41, 5.74) is 0.0400. The van der Waals surface area contributed by atoms with Crippen LogP contribution in [0.2, 0.25) is 0 Å². The number of methoxy groups -OCH3 is 1. The highest BCUT2D eigenvalue weighted by molar-refractivity contribution is 6.01. The van der Waals surface area contributed by atoms with Crippen molar-refractivity contribution >= 4 is 28.6 Å². The molecule has 4 aliphatic carbocycles. The summed E-state index contributed by atoms with van der Waals surface area (Å²) in [4.78, 5) is 42.5. The highest BCUT2D eigenvalue weighted by atomic mass is 16.5. The second-order valence-corrected chi connectivity index (χ2v) is 11.0. The third kappa shape index (κ3) is 3.71. The molecule has 1 aromatic carbocycles. The van der Waals surface area contributed by atoms with Gasteiger partial charge in [-0.2, -0.15) is 5.26 Å². The maximum Gasteiger partial charge on any atom is 0.268 e. The van der Waals surface area contributed by atoms with Gasteiger partial charge in [0, 0.05) is 29.3 Å². The van der Waals surface area contributed by atoms with Crippen molar-refractivity contribution in [3.63, 3.8) is 0 Å². The molecule has 1 saturated heterocycles. The van der Waals surface area contributed by atoms with Crippen LogP contribution in [0.3, 0.4) is 0 Å². The summed E-state index contributed by atoms with van der Waals surface area (Å²) in [5.74, 6) is 0.376. The Kier molecular flexibility index (Phi) is 5.43. The number of carbonyl (C=O) groups excluding carboxylic acids is 3. The van der Waals surface area contributed by atoms with Gasteiger partial charge in [-0.05, 0) is 61.6 Å². The predicted molar refractivity (Wildman–Crippen MR) is 131 cm³/mol. The molecule has 5 fully saturated rings. The number of carbonyl (C=O) groups is 3. The monoisotopic (exact) mass is 489 g/mol. The van der Waals surface area contributed by atoms with Gasteiger partial charge in [-0.15, -0.1) is 0 Å². The number of hydrogen-bond acceptors (Lipinski definition) is 5. The molecule has 36 heavy (non-hydrogen) atoms. The maximum absolute atomic E-state index is 13.6. The average molecular weight is 490 g/mol. The second-order valence-electron chi connectivity index (χ2n) is 11.0. The smallest absolute Gasteiger partial charge is 0.268 e. The number of ether oxygens (including phenoxy) is 1. The number of amides is 3. The van der Waals surface area contributed by atoms with Gasteiger partial charge < -0.3 is 25.7 Å².